The van der Waals surface area contributed by atoms with Gasteiger partial charge in [0.15, 0.2) is 0 Å². The van der Waals surface area contributed by atoms with E-state index in [2.05, 4.69) is 23.6 Å². The molecule has 3 nitrogen and oxygen atoms in total. The molecule has 0 spiro atoms. The zero-order chi connectivity index (χ0) is 13.5. The van der Waals surface area contributed by atoms with Gasteiger partial charge in [0.05, 0.1) is 6.42 Å². The summed E-state index contributed by atoms with van der Waals surface area (Å²) in [6, 6.07) is 11.9. The number of hydrogen-bond donors (Lipinski definition) is 2. The van der Waals surface area contributed by atoms with Crippen LogP contribution in [-0.4, -0.2) is 12.5 Å². The lowest BCUT2D eigenvalue weighted by Gasteiger charge is -2.07. The van der Waals surface area contributed by atoms with Crippen molar-refractivity contribution < 1.29 is 4.79 Å². The van der Waals surface area contributed by atoms with Crippen LogP contribution in [0, 0.1) is 0 Å². The van der Waals surface area contributed by atoms with Gasteiger partial charge in [0.2, 0.25) is 5.91 Å². The Bertz CT molecular complexity index is 523. The van der Waals surface area contributed by atoms with E-state index in [0.29, 0.717) is 6.42 Å². The minimum atomic E-state index is 0.0306. The van der Waals surface area contributed by atoms with Gasteiger partial charge in [0, 0.05) is 17.1 Å². The Balaban J connectivity index is 1.92. The van der Waals surface area contributed by atoms with Crippen molar-refractivity contribution in [1.82, 2.24) is 5.32 Å². The molecule has 1 aromatic heterocycles. The normalized spacial score (nSPS) is 10.4. The first-order valence-electron chi connectivity index (χ1n) is 6.40. The zero-order valence-corrected chi connectivity index (χ0v) is 11.8. The van der Waals surface area contributed by atoms with Gasteiger partial charge >= 0.3 is 0 Å². The van der Waals surface area contributed by atoms with Crippen LogP contribution < -0.4 is 10.6 Å². The molecule has 0 radical (unpaired) electrons. The Kier molecular flexibility index (Phi) is 5.12. The molecule has 1 heterocycles. The summed E-state index contributed by atoms with van der Waals surface area (Å²) in [5.41, 5.74) is 2.03. The smallest absolute Gasteiger partial charge is 0.229 e. The number of carbonyl (C=O) groups is 1. The molecule has 19 heavy (non-hydrogen) atoms. The molecule has 0 fully saturated rings. The van der Waals surface area contributed by atoms with Crippen molar-refractivity contribution in [3.8, 4) is 0 Å². The minimum Gasteiger partial charge on any atom is -0.326 e. The lowest BCUT2D eigenvalue weighted by atomic mass is 10.2. The van der Waals surface area contributed by atoms with E-state index in [1.807, 2.05) is 35.7 Å². The van der Waals surface area contributed by atoms with Crippen molar-refractivity contribution in [1.29, 1.82) is 0 Å². The first-order valence-corrected chi connectivity index (χ1v) is 7.28. The fourth-order valence-corrected chi connectivity index (χ4v) is 2.51. The van der Waals surface area contributed by atoms with E-state index in [9.17, 15) is 4.79 Å². The van der Waals surface area contributed by atoms with Gasteiger partial charge in [-0.3, -0.25) is 4.79 Å². The molecule has 1 amide bonds. The molecule has 2 aromatic rings. The van der Waals surface area contributed by atoms with Gasteiger partial charge in [-0.05, 0) is 35.7 Å². The highest BCUT2D eigenvalue weighted by atomic mass is 32.1. The van der Waals surface area contributed by atoms with Crippen LogP contribution in [0.4, 0.5) is 5.69 Å². The third kappa shape index (κ3) is 4.50. The largest absolute Gasteiger partial charge is 0.326 e. The standard InChI is InChI=1S/C15H18N2OS/c1-2-16-11-12-5-3-6-13(9-12)17-15(18)10-14-7-4-8-19-14/h3-9,16H,2,10-11H2,1H3,(H,17,18). The van der Waals surface area contributed by atoms with Gasteiger partial charge in [0.25, 0.3) is 0 Å². The average molecular weight is 274 g/mol. The maximum atomic E-state index is 11.9. The van der Waals surface area contributed by atoms with E-state index in [0.717, 1.165) is 23.7 Å². The second-order valence-corrected chi connectivity index (χ2v) is 5.32. The number of rotatable bonds is 6. The van der Waals surface area contributed by atoms with Crippen LogP contribution in [0.3, 0.4) is 0 Å². The van der Waals surface area contributed by atoms with Crippen molar-refractivity contribution in [3.05, 3.63) is 52.2 Å². The fraction of sp³-hybridized carbons (Fsp3) is 0.267. The molecule has 2 N–H and O–H groups in total. The Morgan fingerprint density at radius 1 is 1.26 bits per heavy atom. The predicted octanol–water partition coefficient (Wildman–Crippen LogP) is 3.04. The average Bonchev–Trinajstić information content (AvgIpc) is 2.89. The number of hydrogen-bond acceptors (Lipinski definition) is 3. The lowest BCUT2D eigenvalue weighted by Crippen LogP contribution is -2.15. The lowest BCUT2D eigenvalue weighted by molar-refractivity contribution is -0.115. The zero-order valence-electron chi connectivity index (χ0n) is 11.0. The van der Waals surface area contributed by atoms with Crippen LogP contribution in [0.25, 0.3) is 0 Å². The number of nitrogens with one attached hydrogen (secondary N) is 2. The highest BCUT2D eigenvalue weighted by Crippen LogP contribution is 2.13. The highest BCUT2D eigenvalue weighted by Gasteiger charge is 2.05. The number of benzene rings is 1. The quantitative estimate of drug-likeness (QED) is 0.850. The molecule has 0 saturated carbocycles. The summed E-state index contributed by atoms with van der Waals surface area (Å²) < 4.78 is 0. The monoisotopic (exact) mass is 274 g/mol. The number of carbonyl (C=O) groups excluding carboxylic acids is 1. The second kappa shape index (κ2) is 7.07. The molecular weight excluding hydrogens is 256 g/mol. The molecule has 100 valence electrons. The summed E-state index contributed by atoms with van der Waals surface area (Å²) in [5.74, 6) is 0.0306. The Morgan fingerprint density at radius 3 is 2.89 bits per heavy atom. The predicted molar refractivity (Wildman–Crippen MR) is 80.5 cm³/mol. The summed E-state index contributed by atoms with van der Waals surface area (Å²) in [4.78, 5) is 13.0. The fourth-order valence-electron chi connectivity index (χ4n) is 1.80. The molecule has 0 aliphatic rings. The third-order valence-corrected chi connectivity index (χ3v) is 3.58. The van der Waals surface area contributed by atoms with E-state index >= 15 is 0 Å². The summed E-state index contributed by atoms with van der Waals surface area (Å²) >= 11 is 1.61. The van der Waals surface area contributed by atoms with Gasteiger partial charge in [-0.15, -0.1) is 11.3 Å². The van der Waals surface area contributed by atoms with Gasteiger partial charge in [-0.1, -0.05) is 25.1 Å². The van der Waals surface area contributed by atoms with Crippen molar-refractivity contribution in [2.75, 3.05) is 11.9 Å². The SMILES string of the molecule is CCNCc1cccc(NC(=O)Cc2cccs2)c1. The van der Waals surface area contributed by atoms with Crippen molar-refractivity contribution in [3.63, 3.8) is 0 Å². The van der Waals surface area contributed by atoms with Gasteiger partial charge in [-0.2, -0.15) is 0 Å². The molecule has 0 saturated heterocycles. The first-order chi connectivity index (χ1) is 9.28. The molecule has 0 atom stereocenters. The highest BCUT2D eigenvalue weighted by molar-refractivity contribution is 7.10. The van der Waals surface area contributed by atoms with Crippen molar-refractivity contribution in [2.24, 2.45) is 0 Å². The molecule has 0 unspecified atom stereocenters. The van der Waals surface area contributed by atoms with E-state index < -0.39 is 0 Å². The second-order valence-electron chi connectivity index (χ2n) is 4.29. The number of anilines is 1. The first kappa shape index (κ1) is 13.8. The molecule has 0 bridgehead atoms. The molecule has 4 heteroatoms. The van der Waals surface area contributed by atoms with Crippen molar-refractivity contribution >= 4 is 22.9 Å². The van der Waals surface area contributed by atoms with Crippen LogP contribution in [0.2, 0.25) is 0 Å². The van der Waals surface area contributed by atoms with Crippen LogP contribution >= 0.6 is 11.3 Å². The number of thiophene rings is 1. The third-order valence-electron chi connectivity index (χ3n) is 2.70. The molecule has 0 aliphatic heterocycles. The minimum absolute atomic E-state index is 0.0306. The molecular formula is C15H18N2OS. The van der Waals surface area contributed by atoms with E-state index in [4.69, 9.17) is 0 Å². The van der Waals surface area contributed by atoms with Crippen LogP contribution in [0.15, 0.2) is 41.8 Å². The van der Waals surface area contributed by atoms with Crippen LogP contribution in [0.1, 0.15) is 17.4 Å². The number of amides is 1. The maximum absolute atomic E-state index is 11.9. The van der Waals surface area contributed by atoms with Crippen molar-refractivity contribution in [2.45, 2.75) is 19.9 Å². The molecule has 0 aliphatic carbocycles. The van der Waals surface area contributed by atoms with Gasteiger partial charge < -0.3 is 10.6 Å². The van der Waals surface area contributed by atoms with Crippen LogP contribution in [0.5, 0.6) is 0 Å². The molecule has 2 rings (SSSR count). The van der Waals surface area contributed by atoms with E-state index in [1.165, 1.54) is 5.56 Å². The van der Waals surface area contributed by atoms with Crippen LogP contribution in [-0.2, 0) is 17.8 Å². The Labute approximate surface area is 117 Å². The van der Waals surface area contributed by atoms with E-state index in [-0.39, 0.29) is 5.91 Å². The van der Waals surface area contributed by atoms with Gasteiger partial charge in [0.1, 0.15) is 0 Å². The summed E-state index contributed by atoms with van der Waals surface area (Å²) in [5, 5.41) is 8.19. The Hall–Kier alpha value is -1.65. The topological polar surface area (TPSA) is 41.1 Å². The maximum Gasteiger partial charge on any atom is 0.229 e. The Morgan fingerprint density at radius 2 is 2.16 bits per heavy atom. The van der Waals surface area contributed by atoms with E-state index in [1.54, 1.807) is 11.3 Å². The summed E-state index contributed by atoms with van der Waals surface area (Å²) in [6.45, 7) is 3.84. The summed E-state index contributed by atoms with van der Waals surface area (Å²) in [7, 11) is 0. The van der Waals surface area contributed by atoms with Gasteiger partial charge in [-0.25, -0.2) is 0 Å². The summed E-state index contributed by atoms with van der Waals surface area (Å²) in [6.07, 6.45) is 0.440. The molecule has 1 aromatic carbocycles.